The van der Waals surface area contributed by atoms with Crippen molar-refractivity contribution >= 4 is 0 Å². The number of hydrogen-bond donors (Lipinski definition) is 0. The van der Waals surface area contributed by atoms with Crippen molar-refractivity contribution in [2.45, 2.75) is 37.4 Å². The molecule has 1 saturated carbocycles. The summed E-state index contributed by atoms with van der Waals surface area (Å²) in [5.74, 6) is 2.02. The Bertz CT molecular complexity index is 272. The highest BCUT2D eigenvalue weighted by Crippen LogP contribution is 2.59. The number of morpholine rings is 1. The average Bonchev–Trinajstić information content (AvgIpc) is 3.01. The lowest BCUT2D eigenvalue weighted by atomic mass is 9.97. The summed E-state index contributed by atoms with van der Waals surface area (Å²) in [6.07, 6.45) is 4.38. The summed E-state index contributed by atoms with van der Waals surface area (Å²) in [6, 6.07) is 2.75. The molecule has 3 aliphatic heterocycles. The molecule has 0 spiro atoms. The molecule has 4 fully saturated rings. The van der Waals surface area contributed by atoms with Gasteiger partial charge in [0.05, 0.1) is 13.2 Å². The number of hydrogen-bond acceptors (Lipinski definition) is 3. The van der Waals surface area contributed by atoms with Crippen molar-refractivity contribution in [1.29, 1.82) is 0 Å². The zero-order chi connectivity index (χ0) is 10.7. The predicted molar refractivity (Wildman–Crippen MR) is 62.4 cm³/mol. The zero-order valence-electron chi connectivity index (χ0n) is 10.1. The van der Waals surface area contributed by atoms with Crippen molar-refractivity contribution in [3.05, 3.63) is 0 Å². The molecule has 0 aromatic heterocycles. The predicted octanol–water partition coefficient (Wildman–Crippen LogP) is 0.800. The Balaban J connectivity index is 1.51. The number of ether oxygens (including phenoxy) is 1. The van der Waals surface area contributed by atoms with Crippen LogP contribution < -0.4 is 0 Å². The highest BCUT2D eigenvalue weighted by Gasteiger charge is 2.67. The van der Waals surface area contributed by atoms with Gasteiger partial charge in [-0.1, -0.05) is 6.42 Å². The molecule has 3 saturated heterocycles. The van der Waals surface area contributed by atoms with E-state index < -0.39 is 0 Å². The van der Waals surface area contributed by atoms with Gasteiger partial charge in [0, 0.05) is 31.2 Å². The minimum Gasteiger partial charge on any atom is -0.379 e. The van der Waals surface area contributed by atoms with Gasteiger partial charge in [-0.05, 0) is 31.7 Å². The van der Waals surface area contributed by atoms with Crippen LogP contribution in [0.15, 0.2) is 0 Å². The molecule has 4 rings (SSSR count). The van der Waals surface area contributed by atoms with Crippen LogP contribution in [0, 0.1) is 11.8 Å². The lowest BCUT2D eigenvalue weighted by Crippen LogP contribution is -2.48. The summed E-state index contributed by atoms with van der Waals surface area (Å²) in [4.78, 5) is 5.41. The van der Waals surface area contributed by atoms with Crippen molar-refractivity contribution < 1.29 is 4.74 Å². The smallest absolute Gasteiger partial charge is 0.0594 e. The minimum atomic E-state index is 0.914. The maximum atomic E-state index is 5.46. The van der Waals surface area contributed by atoms with E-state index in [1.54, 1.807) is 0 Å². The fourth-order valence-electron chi connectivity index (χ4n) is 4.79. The fraction of sp³-hybridized carbons (Fsp3) is 1.00. The van der Waals surface area contributed by atoms with E-state index in [9.17, 15) is 0 Å². The third kappa shape index (κ3) is 1.20. The number of nitrogens with zero attached hydrogens (tertiary/aromatic N) is 2. The van der Waals surface area contributed by atoms with Crippen LogP contribution in [0.2, 0.25) is 0 Å². The molecule has 3 heteroatoms. The van der Waals surface area contributed by atoms with Gasteiger partial charge in [-0.3, -0.25) is 9.80 Å². The van der Waals surface area contributed by atoms with E-state index in [0.29, 0.717) is 0 Å². The summed E-state index contributed by atoms with van der Waals surface area (Å²) in [5, 5.41) is 0. The van der Waals surface area contributed by atoms with E-state index in [1.807, 2.05) is 0 Å². The van der Waals surface area contributed by atoms with Gasteiger partial charge in [-0.15, -0.1) is 0 Å². The Kier molecular flexibility index (Phi) is 2.12. The third-order valence-corrected chi connectivity index (χ3v) is 5.49. The molecule has 1 unspecified atom stereocenters. The normalized spacial score (nSPS) is 52.7. The first-order valence-corrected chi connectivity index (χ1v) is 6.91. The minimum absolute atomic E-state index is 0.914. The van der Waals surface area contributed by atoms with Crippen molar-refractivity contribution in [2.75, 3.05) is 33.4 Å². The third-order valence-electron chi connectivity index (χ3n) is 5.49. The average molecular weight is 222 g/mol. The Hall–Kier alpha value is -0.120. The van der Waals surface area contributed by atoms with Crippen molar-refractivity contribution in [2.24, 2.45) is 11.8 Å². The SMILES string of the molecule is CN1[C@@H]2CCC[C@H]1[C@@H]1C(N3CCOCC3)[C@@H]12. The van der Waals surface area contributed by atoms with Gasteiger partial charge in [0.2, 0.25) is 0 Å². The topological polar surface area (TPSA) is 15.7 Å². The fourth-order valence-corrected chi connectivity index (χ4v) is 4.79. The first-order valence-electron chi connectivity index (χ1n) is 6.91. The molecular weight excluding hydrogens is 200 g/mol. The monoisotopic (exact) mass is 222 g/mol. The first kappa shape index (κ1) is 9.86. The number of fused-ring (bicyclic) bond motifs is 5. The molecule has 4 aliphatic rings. The number of piperidine rings is 2. The molecule has 3 nitrogen and oxygen atoms in total. The molecule has 0 aromatic rings. The summed E-state index contributed by atoms with van der Waals surface area (Å²) in [6.45, 7) is 4.28. The summed E-state index contributed by atoms with van der Waals surface area (Å²) < 4.78 is 5.46. The molecule has 0 amide bonds. The van der Waals surface area contributed by atoms with Crippen LogP contribution in [0.3, 0.4) is 0 Å². The molecule has 1 aliphatic carbocycles. The second-order valence-electron chi connectivity index (χ2n) is 6.02. The van der Waals surface area contributed by atoms with Crippen LogP contribution in [0.4, 0.5) is 0 Å². The second kappa shape index (κ2) is 3.44. The van der Waals surface area contributed by atoms with E-state index in [2.05, 4.69) is 16.8 Å². The largest absolute Gasteiger partial charge is 0.379 e. The molecule has 0 aromatic carbocycles. The standard InChI is InChI=1S/C13H22N2O/c1-14-9-3-2-4-10(14)12-11(9)13(12)15-5-7-16-8-6-15/h9-13H,2-8H2,1H3/t9-,10+,11-,12+,13?. The lowest BCUT2D eigenvalue weighted by molar-refractivity contribution is 0.0151. The van der Waals surface area contributed by atoms with Gasteiger partial charge in [-0.25, -0.2) is 0 Å². The Morgan fingerprint density at radius 1 is 1.00 bits per heavy atom. The molecular formula is C13H22N2O. The van der Waals surface area contributed by atoms with Gasteiger partial charge in [0.25, 0.3) is 0 Å². The van der Waals surface area contributed by atoms with E-state index in [1.165, 1.54) is 32.4 Å². The van der Waals surface area contributed by atoms with Gasteiger partial charge < -0.3 is 4.74 Å². The maximum Gasteiger partial charge on any atom is 0.0594 e. The van der Waals surface area contributed by atoms with E-state index >= 15 is 0 Å². The van der Waals surface area contributed by atoms with Crippen LogP contribution in [-0.4, -0.2) is 61.3 Å². The van der Waals surface area contributed by atoms with E-state index in [-0.39, 0.29) is 0 Å². The highest BCUT2D eigenvalue weighted by atomic mass is 16.5. The summed E-state index contributed by atoms with van der Waals surface area (Å²) >= 11 is 0. The zero-order valence-corrected chi connectivity index (χ0v) is 10.1. The molecule has 3 heterocycles. The van der Waals surface area contributed by atoms with Crippen LogP contribution in [-0.2, 0) is 4.74 Å². The molecule has 0 N–H and O–H groups in total. The summed E-state index contributed by atoms with van der Waals surface area (Å²) in [7, 11) is 2.36. The van der Waals surface area contributed by atoms with Gasteiger partial charge in [0.15, 0.2) is 0 Å². The molecule has 0 radical (unpaired) electrons. The molecule has 5 atom stereocenters. The van der Waals surface area contributed by atoms with Gasteiger partial charge in [0.1, 0.15) is 0 Å². The second-order valence-corrected chi connectivity index (χ2v) is 6.02. The van der Waals surface area contributed by atoms with Gasteiger partial charge in [-0.2, -0.15) is 0 Å². The van der Waals surface area contributed by atoms with Crippen LogP contribution >= 0.6 is 0 Å². The van der Waals surface area contributed by atoms with Gasteiger partial charge >= 0.3 is 0 Å². The lowest BCUT2D eigenvalue weighted by Gasteiger charge is -2.39. The Morgan fingerprint density at radius 3 is 2.25 bits per heavy atom. The molecule has 16 heavy (non-hydrogen) atoms. The number of rotatable bonds is 1. The quantitative estimate of drug-likeness (QED) is 0.653. The van der Waals surface area contributed by atoms with Crippen molar-refractivity contribution in [1.82, 2.24) is 9.80 Å². The summed E-state index contributed by atoms with van der Waals surface area (Å²) in [5.41, 5.74) is 0. The van der Waals surface area contributed by atoms with Crippen molar-refractivity contribution in [3.8, 4) is 0 Å². The Morgan fingerprint density at radius 2 is 1.62 bits per heavy atom. The Labute approximate surface area is 97.7 Å². The first-order chi connectivity index (χ1) is 7.88. The molecule has 2 bridgehead atoms. The van der Waals surface area contributed by atoms with Crippen LogP contribution in [0.1, 0.15) is 19.3 Å². The van der Waals surface area contributed by atoms with Crippen LogP contribution in [0.25, 0.3) is 0 Å². The van der Waals surface area contributed by atoms with Crippen molar-refractivity contribution in [3.63, 3.8) is 0 Å². The molecule has 90 valence electrons. The van der Waals surface area contributed by atoms with Crippen LogP contribution in [0.5, 0.6) is 0 Å². The van der Waals surface area contributed by atoms with E-state index in [4.69, 9.17) is 4.74 Å². The highest BCUT2D eigenvalue weighted by molar-refractivity contribution is 5.21. The maximum absolute atomic E-state index is 5.46. The van der Waals surface area contributed by atoms with E-state index in [0.717, 1.165) is 43.2 Å².